The fraction of sp³-hybridized carbons (Fsp3) is 0.200. The molecule has 7 nitrogen and oxygen atoms in total. The van der Waals surface area contributed by atoms with E-state index in [0.717, 1.165) is 10.6 Å². The third-order valence-corrected chi connectivity index (χ3v) is 3.75. The molecule has 1 aromatic heterocycles. The van der Waals surface area contributed by atoms with Crippen LogP contribution in [0.3, 0.4) is 0 Å². The smallest absolute Gasteiger partial charge is 0.223 e. The molecule has 2 aliphatic heterocycles. The molecular weight excluding hydrogens is 286 g/mol. The van der Waals surface area contributed by atoms with Gasteiger partial charge in [-0.1, -0.05) is 11.8 Å². The second kappa shape index (κ2) is 4.71. The van der Waals surface area contributed by atoms with Crippen LogP contribution < -0.4 is 5.73 Å². The summed E-state index contributed by atoms with van der Waals surface area (Å²) in [6.07, 6.45) is 3.11. The number of nitrogens with zero attached hydrogens (tertiary/aromatic N) is 6. The van der Waals surface area contributed by atoms with Crippen LogP contribution in [0.4, 0.5) is 0 Å². The topological polar surface area (TPSA) is 101 Å². The number of rotatable bonds is 1. The minimum atomic E-state index is -0.301. The van der Waals surface area contributed by atoms with Crippen LogP contribution in [0.15, 0.2) is 31.2 Å². The van der Waals surface area contributed by atoms with E-state index in [-0.39, 0.29) is 17.3 Å². The van der Waals surface area contributed by atoms with Gasteiger partial charge in [-0.3, -0.25) is 4.99 Å². The Hall–Kier alpha value is -1.80. The van der Waals surface area contributed by atoms with Crippen LogP contribution in [-0.4, -0.2) is 39.2 Å². The van der Waals surface area contributed by atoms with Crippen molar-refractivity contribution >= 4 is 46.5 Å². The van der Waals surface area contributed by atoms with E-state index < -0.39 is 0 Å². The lowest BCUT2D eigenvalue weighted by molar-refractivity contribution is 1.01. The number of hydrogen-bond acceptors (Lipinski definition) is 8. The third-order valence-electron chi connectivity index (χ3n) is 2.44. The first-order valence-corrected chi connectivity index (χ1v) is 6.52. The summed E-state index contributed by atoms with van der Waals surface area (Å²) in [4.78, 5) is 24.6. The molecule has 0 bridgehead atoms. The van der Waals surface area contributed by atoms with Crippen molar-refractivity contribution in [2.45, 2.75) is 18.0 Å². The van der Waals surface area contributed by atoms with Crippen molar-refractivity contribution in [3.63, 3.8) is 0 Å². The lowest BCUT2D eigenvalue weighted by Gasteiger charge is -2.15. The maximum absolute atomic E-state index is 5.80. The van der Waals surface area contributed by atoms with Crippen molar-refractivity contribution in [3.8, 4) is 0 Å². The van der Waals surface area contributed by atoms with Gasteiger partial charge in [0.25, 0.3) is 0 Å². The molecule has 96 valence electrons. The van der Waals surface area contributed by atoms with Crippen LogP contribution in [-0.2, 0) is 0 Å². The number of aliphatic imine (C=N–C) groups is 4. The number of aromatic nitrogens is 2. The predicted molar refractivity (Wildman–Crippen MR) is 76.4 cm³/mol. The second-order valence-corrected chi connectivity index (χ2v) is 5.15. The summed E-state index contributed by atoms with van der Waals surface area (Å²) in [6, 6.07) is -0.301. The van der Waals surface area contributed by atoms with E-state index in [2.05, 4.69) is 29.9 Å². The number of hydrogen-bond donors (Lipinski definition) is 1. The summed E-state index contributed by atoms with van der Waals surface area (Å²) in [5, 5.41) is 1.59. The Morgan fingerprint density at radius 2 is 2.21 bits per heavy atom. The van der Waals surface area contributed by atoms with Gasteiger partial charge in [0.1, 0.15) is 16.4 Å². The molecular formula is C10H8ClN7S. The van der Waals surface area contributed by atoms with Gasteiger partial charge in [-0.25, -0.2) is 20.0 Å². The van der Waals surface area contributed by atoms with Crippen molar-refractivity contribution in [2.75, 3.05) is 0 Å². The standard InChI is InChI=1S/C10H8ClN7S/c1-4-2-13-9(11)17-7(4)19-8-5-6(15-3-14-5)16-10(12)18-8/h2-3,5H,1H3,(H2,12,14,15,16). The van der Waals surface area contributed by atoms with Gasteiger partial charge in [0.2, 0.25) is 11.2 Å². The molecule has 1 aromatic rings. The Kier molecular flexibility index (Phi) is 3.03. The van der Waals surface area contributed by atoms with Crippen LogP contribution in [0.5, 0.6) is 0 Å². The summed E-state index contributed by atoms with van der Waals surface area (Å²) in [5.41, 5.74) is 6.56. The Balaban J connectivity index is 1.94. The molecule has 0 amide bonds. The molecule has 3 rings (SSSR count). The molecule has 0 saturated carbocycles. The summed E-state index contributed by atoms with van der Waals surface area (Å²) in [6.45, 7) is 1.90. The van der Waals surface area contributed by atoms with Gasteiger partial charge >= 0.3 is 0 Å². The van der Waals surface area contributed by atoms with Crippen molar-refractivity contribution in [2.24, 2.45) is 25.7 Å². The molecule has 0 fully saturated rings. The Morgan fingerprint density at radius 3 is 3.05 bits per heavy atom. The minimum Gasteiger partial charge on any atom is -0.368 e. The van der Waals surface area contributed by atoms with Crippen LogP contribution in [0.2, 0.25) is 5.28 Å². The first kappa shape index (κ1) is 12.2. The second-order valence-electron chi connectivity index (χ2n) is 3.80. The molecule has 0 saturated heterocycles. The van der Waals surface area contributed by atoms with Gasteiger partial charge in [-0.2, -0.15) is 4.99 Å². The highest BCUT2D eigenvalue weighted by Gasteiger charge is 2.29. The van der Waals surface area contributed by atoms with Crippen LogP contribution in [0, 0.1) is 6.92 Å². The first-order chi connectivity index (χ1) is 9.13. The highest BCUT2D eigenvalue weighted by molar-refractivity contribution is 8.14. The van der Waals surface area contributed by atoms with E-state index >= 15 is 0 Å². The van der Waals surface area contributed by atoms with E-state index in [4.69, 9.17) is 17.3 Å². The molecule has 19 heavy (non-hydrogen) atoms. The highest BCUT2D eigenvalue weighted by atomic mass is 35.5. The molecule has 0 spiro atoms. The largest absolute Gasteiger partial charge is 0.368 e. The molecule has 0 aromatic carbocycles. The molecule has 9 heteroatoms. The summed E-state index contributed by atoms with van der Waals surface area (Å²) in [7, 11) is 0. The normalized spacial score (nSPS) is 20.7. The van der Waals surface area contributed by atoms with Crippen LogP contribution in [0.25, 0.3) is 0 Å². The van der Waals surface area contributed by atoms with Gasteiger partial charge in [0.05, 0.1) is 0 Å². The number of fused-ring (bicyclic) bond motifs is 1. The molecule has 2 aliphatic rings. The number of amidine groups is 1. The molecule has 3 heterocycles. The van der Waals surface area contributed by atoms with Crippen molar-refractivity contribution in [1.82, 2.24) is 9.97 Å². The number of aryl methyl sites for hydroxylation is 1. The Labute approximate surface area is 117 Å². The lowest BCUT2D eigenvalue weighted by atomic mass is 10.3. The van der Waals surface area contributed by atoms with E-state index in [1.165, 1.54) is 18.1 Å². The molecule has 1 atom stereocenters. The highest BCUT2D eigenvalue weighted by Crippen LogP contribution is 2.27. The summed E-state index contributed by atoms with van der Waals surface area (Å²) < 4.78 is 0. The maximum Gasteiger partial charge on any atom is 0.223 e. The average molecular weight is 294 g/mol. The van der Waals surface area contributed by atoms with Crippen LogP contribution in [0.1, 0.15) is 5.56 Å². The van der Waals surface area contributed by atoms with Crippen molar-refractivity contribution in [1.29, 1.82) is 0 Å². The van der Waals surface area contributed by atoms with Crippen molar-refractivity contribution < 1.29 is 0 Å². The number of nitrogens with two attached hydrogens (primary N) is 1. The molecule has 0 aliphatic carbocycles. The van der Waals surface area contributed by atoms with Gasteiger partial charge in [-0.15, -0.1) is 0 Å². The van der Waals surface area contributed by atoms with E-state index in [1.807, 2.05) is 6.92 Å². The van der Waals surface area contributed by atoms with Gasteiger partial charge in [0, 0.05) is 11.8 Å². The van der Waals surface area contributed by atoms with E-state index in [0.29, 0.717) is 10.9 Å². The zero-order valence-corrected chi connectivity index (χ0v) is 11.4. The lowest BCUT2D eigenvalue weighted by Crippen LogP contribution is -2.31. The number of guanidine groups is 1. The maximum atomic E-state index is 5.80. The first-order valence-electron chi connectivity index (χ1n) is 5.32. The van der Waals surface area contributed by atoms with Crippen LogP contribution >= 0.6 is 23.4 Å². The molecule has 0 radical (unpaired) electrons. The number of thioether (sulfide) groups is 1. The SMILES string of the molecule is Cc1cnc(Cl)nc1SC1=NC(N)=NC2=NC=NC21. The Bertz CT molecular complexity index is 664. The van der Waals surface area contributed by atoms with E-state index in [1.54, 1.807) is 6.20 Å². The number of halogens is 1. The third kappa shape index (κ3) is 2.36. The van der Waals surface area contributed by atoms with Gasteiger partial charge in [-0.05, 0) is 18.5 Å². The average Bonchev–Trinajstić information content (AvgIpc) is 2.82. The monoisotopic (exact) mass is 293 g/mol. The zero-order chi connectivity index (χ0) is 13.4. The summed E-state index contributed by atoms with van der Waals surface area (Å²) >= 11 is 7.14. The van der Waals surface area contributed by atoms with Crippen molar-refractivity contribution in [3.05, 3.63) is 17.0 Å². The Morgan fingerprint density at radius 1 is 1.37 bits per heavy atom. The molecule has 2 N–H and O–H groups in total. The predicted octanol–water partition coefficient (Wildman–Crippen LogP) is 1.07. The minimum absolute atomic E-state index is 0.167. The van der Waals surface area contributed by atoms with Gasteiger partial charge < -0.3 is 5.73 Å². The fourth-order valence-electron chi connectivity index (χ4n) is 1.56. The van der Waals surface area contributed by atoms with Gasteiger partial charge in [0.15, 0.2) is 11.9 Å². The summed E-state index contributed by atoms with van der Waals surface area (Å²) in [5.74, 6) is 0.716. The fourth-order valence-corrected chi connectivity index (χ4v) is 2.71. The molecule has 1 unspecified atom stereocenters. The van der Waals surface area contributed by atoms with E-state index in [9.17, 15) is 0 Å². The zero-order valence-electron chi connectivity index (χ0n) is 9.78. The quantitative estimate of drug-likeness (QED) is 0.618.